The van der Waals surface area contributed by atoms with Crippen molar-refractivity contribution in [3.63, 3.8) is 0 Å². The zero-order valence-electron chi connectivity index (χ0n) is 11.5. The Hall–Kier alpha value is -3.35. The molecule has 108 valence electrons. The van der Waals surface area contributed by atoms with Gasteiger partial charge in [-0.2, -0.15) is 0 Å². The number of hydrogen-bond donors (Lipinski definition) is 2. The van der Waals surface area contributed by atoms with E-state index in [2.05, 4.69) is 15.0 Å². The Balaban J connectivity index is 2.12. The minimum absolute atomic E-state index is 0.219. The van der Waals surface area contributed by atoms with Gasteiger partial charge in [-0.15, -0.1) is 0 Å². The maximum atomic E-state index is 10.8. The van der Waals surface area contributed by atoms with Gasteiger partial charge >= 0.3 is 0 Å². The fourth-order valence-corrected chi connectivity index (χ4v) is 2.16. The number of carbonyl (C=O) groups is 1. The molecule has 0 atom stereocenters. The second-order valence-electron chi connectivity index (χ2n) is 4.56. The Morgan fingerprint density at radius 1 is 1.32 bits per heavy atom. The van der Waals surface area contributed by atoms with E-state index in [0.717, 1.165) is 23.7 Å². The SMILES string of the molecule is N=CN=C(N)c1cncc(-n2ccc3cc(C=O)cnc32)c1. The molecule has 0 aliphatic heterocycles. The number of carbonyl (C=O) groups excluding carboxylic acids is 1. The summed E-state index contributed by atoms with van der Waals surface area (Å²) in [6, 6.07) is 5.45. The van der Waals surface area contributed by atoms with Crippen LogP contribution in [-0.2, 0) is 0 Å². The molecule has 0 saturated carbocycles. The zero-order valence-corrected chi connectivity index (χ0v) is 11.5. The van der Waals surface area contributed by atoms with Gasteiger partial charge in [-0.1, -0.05) is 0 Å². The molecular weight excluding hydrogens is 280 g/mol. The summed E-state index contributed by atoms with van der Waals surface area (Å²) in [7, 11) is 0. The van der Waals surface area contributed by atoms with Gasteiger partial charge in [0.05, 0.1) is 11.9 Å². The van der Waals surface area contributed by atoms with Crippen LogP contribution in [0.4, 0.5) is 0 Å². The highest BCUT2D eigenvalue weighted by Gasteiger charge is 2.07. The van der Waals surface area contributed by atoms with E-state index in [1.165, 1.54) is 6.20 Å². The van der Waals surface area contributed by atoms with Crippen molar-refractivity contribution in [2.24, 2.45) is 10.7 Å². The summed E-state index contributed by atoms with van der Waals surface area (Å²) in [5.74, 6) is 0.219. The lowest BCUT2D eigenvalue weighted by Crippen LogP contribution is -2.14. The summed E-state index contributed by atoms with van der Waals surface area (Å²) in [6.45, 7) is 0. The molecule has 0 radical (unpaired) electrons. The highest BCUT2D eigenvalue weighted by Crippen LogP contribution is 2.19. The summed E-state index contributed by atoms with van der Waals surface area (Å²) in [5.41, 5.74) is 8.40. The Labute approximate surface area is 125 Å². The predicted octanol–water partition coefficient (Wildman–Crippen LogP) is 1.55. The van der Waals surface area contributed by atoms with Crippen LogP contribution < -0.4 is 5.73 Å². The molecule has 7 heteroatoms. The van der Waals surface area contributed by atoms with Crippen LogP contribution in [0.15, 0.2) is 48.0 Å². The van der Waals surface area contributed by atoms with Gasteiger partial charge in [-0.25, -0.2) is 9.98 Å². The van der Waals surface area contributed by atoms with E-state index in [-0.39, 0.29) is 5.84 Å². The third kappa shape index (κ3) is 2.35. The number of pyridine rings is 2. The largest absolute Gasteiger partial charge is 0.383 e. The first-order chi connectivity index (χ1) is 10.7. The van der Waals surface area contributed by atoms with E-state index in [0.29, 0.717) is 16.8 Å². The summed E-state index contributed by atoms with van der Waals surface area (Å²) < 4.78 is 1.85. The molecule has 0 spiro atoms. The lowest BCUT2D eigenvalue weighted by atomic mass is 10.2. The predicted molar refractivity (Wildman–Crippen MR) is 83.8 cm³/mol. The molecule has 3 aromatic heterocycles. The number of aromatic nitrogens is 3. The zero-order chi connectivity index (χ0) is 15.5. The van der Waals surface area contributed by atoms with E-state index < -0.39 is 0 Å². The molecule has 22 heavy (non-hydrogen) atoms. The van der Waals surface area contributed by atoms with Crippen LogP contribution in [-0.4, -0.2) is 33.0 Å². The Bertz CT molecular complexity index is 896. The molecule has 0 aromatic carbocycles. The molecule has 0 amide bonds. The number of nitrogens with two attached hydrogens (primary N) is 1. The number of fused-ring (bicyclic) bond motifs is 1. The number of aldehydes is 1. The maximum absolute atomic E-state index is 10.8. The van der Waals surface area contributed by atoms with Crippen molar-refractivity contribution in [2.75, 3.05) is 0 Å². The van der Waals surface area contributed by atoms with Gasteiger partial charge < -0.3 is 5.73 Å². The standard InChI is InChI=1S/C15H12N6O/c16-9-20-14(17)12-4-13(7-18-6-12)21-2-1-11-3-10(8-22)5-19-15(11)21/h1-9H,(H3,16,17,20). The lowest BCUT2D eigenvalue weighted by molar-refractivity contribution is 0.112. The molecule has 0 saturated heterocycles. The molecule has 0 unspecified atom stereocenters. The van der Waals surface area contributed by atoms with E-state index in [1.807, 2.05) is 22.9 Å². The first-order valence-corrected chi connectivity index (χ1v) is 6.43. The van der Waals surface area contributed by atoms with Crippen LogP contribution >= 0.6 is 0 Å². The van der Waals surface area contributed by atoms with Crippen LogP contribution in [0.1, 0.15) is 15.9 Å². The van der Waals surface area contributed by atoms with Gasteiger partial charge in [0.1, 0.15) is 17.8 Å². The number of aliphatic imine (C=N–C) groups is 1. The number of nitrogens with one attached hydrogen (secondary N) is 1. The van der Waals surface area contributed by atoms with Crippen LogP contribution in [0.2, 0.25) is 0 Å². The van der Waals surface area contributed by atoms with Crippen LogP contribution in [0.25, 0.3) is 16.7 Å². The number of rotatable bonds is 4. The molecule has 0 bridgehead atoms. The van der Waals surface area contributed by atoms with E-state index in [1.54, 1.807) is 18.5 Å². The minimum atomic E-state index is 0.219. The van der Waals surface area contributed by atoms with Crippen molar-refractivity contribution in [2.45, 2.75) is 0 Å². The van der Waals surface area contributed by atoms with Crippen molar-refractivity contribution < 1.29 is 4.79 Å². The molecule has 3 rings (SSSR count). The molecule has 7 nitrogen and oxygen atoms in total. The van der Waals surface area contributed by atoms with E-state index >= 15 is 0 Å². The van der Waals surface area contributed by atoms with Gasteiger partial charge in [0.2, 0.25) is 0 Å². The van der Waals surface area contributed by atoms with Gasteiger partial charge in [-0.3, -0.25) is 19.8 Å². The fourth-order valence-electron chi connectivity index (χ4n) is 2.16. The number of amidine groups is 1. The quantitative estimate of drug-likeness (QED) is 0.431. The first-order valence-electron chi connectivity index (χ1n) is 6.43. The lowest BCUT2D eigenvalue weighted by Gasteiger charge is -2.06. The van der Waals surface area contributed by atoms with Crippen molar-refractivity contribution in [1.82, 2.24) is 14.5 Å². The Kier molecular flexibility index (Phi) is 3.45. The third-order valence-corrected chi connectivity index (χ3v) is 3.19. The molecule has 3 heterocycles. The van der Waals surface area contributed by atoms with Crippen LogP contribution in [0, 0.1) is 5.41 Å². The summed E-state index contributed by atoms with van der Waals surface area (Å²) >= 11 is 0. The molecule has 0 aliphatic carbocycles. The summed E-state index contributed by atoms with van der Waals surface area (Å²) in [4.78, 5) is 23.0. The number of nitrogens with zero attached hydrogens (tertiary/aromatic N) is 4. The van der Waals surface area contributed by atoms with Crippen molar-refractivity contribution >= 4 is 29.5 Å². The highest BCUT2D eigenvalue weighted by molar-refractivity contribution is 6.01. The molecule has 0 aliphatic rings. The molecule has 3 N–H and O–H groups in total. The van der Waals surface area contributed by atoms with Gasteiger partial charge in [0.25, 0.3) is 0 Å². The molecule has 0 fully saturated rings. The monoisotopic (exact) mass is 292 g/mol. The average molecular weight is 292 g/mol. The van der Waals surface area contributed by atoms with Crippen molar-refractivity contribution in [3.05, 3.63) is 54.1 Å². The Morgan fingerprint density at radius 2 is 2.18 bits per heavy atom. The molecular formula is C15H12N6O. The average Bonchev–Trinajstić information content (AvgIpc) is 2.98. The van der Waals surface area contributed by atoms with Crippen molar-refractivity contribution in [3.8, 4) is 5.69 Å². The maximum Gasteiger partial charge on any atom is 0.151 e. The normalized spacial score (nSPS) is 11.5. The second-order valence-corrected chi connectivity index (χ2v) is 4.56. The summed E-state index contributed by atoms with van der Waals surface area (Å²) in [5, 5.41) is 7.82. The Morgan fingerprint density at radius 3 is 2.95 bits per heavy atom. The fraction of sp³-hybridized carbons (Fsp3) is 0. The van der Waals surface area contributed by atoms with Gasteiger partial charge in [-0.05, 0) is 18.2 Å². The van der Waals surface area contributed by atoms with Gasteiger partial charge in [0.15, 0.2) is 6.29 Å². The van der Waals surface area contributed by atoms with Crippen LogP contribution in [0.5, 0.6) is 0 Å². The van der Waals surface area contributed by atoms with Gasteiger partial charge in [0, 0.05) is 35.1 Å². The molecule has 3 aromatic rings. The van der Waals surface area contributed by atoms with Crippen LogP contribution in [0.3, 0.4) is 0 Å². The van der Waals surface area contributed by atoms with Crippen molar-refractivity contribution in [1.29, 1.82) is 5.41 Å². The summed E-state index contributed by atoms with van der Waals surface area (Å²) in [6.07, 6.45) is 8.27. The smallest absolute Gasteiger partial charge is 0.151 e. The minimum Gasteiger partial charge on any atom is -0.383 e. The highest BCUT2D eigenvalue weighted by atomic mass is 16.1. The third-order valence-electron chi connectivity index (χ3n) is 3.19. The van der Waals surface area contributed by atoms with E-state index in [4.69, 9.17) is 11.1 Å². The second kappa shape index (κ2) is 5.57. The first kappa shape index (κ1) is 13.6. The number of hydrogen-bond acceptors (Lipinski definition) is 4. The van der Waals surface area contributed by atoms with E-state index in [9.17, 15) is 4.79 Å². The topological polar surface area (TPSA) is 110 Å².